The van der Waals surface area contributed by atoms with Gasteiger partial charge in [-0.1, -0.05) is 6.07 Å². The highest BCUT2D eigenvalue weighted by molar-refractivity contribution is 5.78. The molecule has 1 N–H and O–H groups in total. The van der Waals surface area contributed by atoms with Crippen molar-refractivity contribution in [1.29, 1.82) is 0 Å². The molecule has 2 aromatic rings. The van der Waals surface area contributed by atoms with Crippen molar-refractivity contribution in [3.05, 3.63) is 41.3 Å². The van der Waals surface area contributed by atoms with Gasteiger partial charge < -0.3 is 15.0 Å². The smallest absolute Gasteiger partial charge is 0.224 e. The van der Waals surface area contributed by atoms with Gasteiger partial charge in [-0.25, -0.2) is 4.98 Å². The van der Waals surface area contributed by atoms with Crippen molar-refractivity contribution in [2.75, 3.05) is 19.6 Å². The number of nitrogens with zero attached hydrogens (tertiary/aromatic N) is 4. The molecule has 3 heterocycles. The zero-order valence-electron chi connectivity index (χ0n) is 20.5. The molecule has 0 saturated heterocycles. The molecule has 0 aromatic carbocycles. The summed E-state index contributed by atoms with van der Waals surface area (Å²) in [5, 5.41) is 7.39. The van der Waals surface area contributed by atoms with Crippen molar-refractivity contribution in [3.63, 3.8) is 0 Å². The van der Waals surface area contributed by atoms with E-state index in [1.54, 1.807) is 10.9 Å². The standard InChI is InChI=1S/C27H39N5O2/c1-31-19-21(18-28-31)17-26(33)29-23-8-5-20(6-9-23)11-14-32-15-12-22-7-10-27(30-25(22)13-16-32)34-24-3-2-4-24/h7,10,18-20,23-24H,2-6,8-9,11-17H2,1H3,(H,29,33). The monoisotopic (exact) mass is 465 g/mol. The predicted molar refractivity (Wildman–Crippen MR) is 132 cm³/mol. The second-order valence-electron chi connectivity index (χ2n) is 10.5. The van der Waals surface area contributed by atoms with Crippen molar-refractivity contribution in [2.45, 2.75) is 82.8 Å². The largest absolute Gasteiger partial charge is 0.474 e. The zero-order valence-corrected chi connectivity index (χ0v) is 20.5. The highest BCUT2D eigenvalue weighted by Gasteiger charge is 2.24. The summed E-state index contributed by atoms with van der Waals surface area (Å²) in [6.07, 6.45) is 16.1. The van der Waals surface area contributed by atoms with Crippen LogP contribution in [0.4, 0.5) is 0 Å². The lowest BCUT2D eigenvalue weighted by molar-refractivity contribution is -0.121. The van der Waals surface area contributed by atoms with Crippen LogP contribution in [0.1, 0.15) is 68.2 Å². The first-order chi connectivity index (χ1) is 16.6. The second kappa shape index (κ2) is 10.9. The average molecular weight is 466 g/mol. The van der Waals surface area contributed by atoms with Crippen LogP contribution in [0.25, 0.3) is 0 Å². The lowest BCUT2D eigenvalue weighted by Crippen LogP contribution is -2.39. The lowest BCUT2D eigenvalue weighted by atomic mass is 9.84. The fraction of sp³-hybridized carbons (Fsp3) is 0.667. The fourth-order valence-corrected chi connectivity index (χ4v) is 5.55. The zero-order chi connectivity index (χ0) is 23.3. The van der Waals surface area contributed by atoms with E-state index in [1.165, 1.54) is 56.3 Å². The van der Waals surface area contributed by atoms with Crippen LogP contribution in [-0.4, -0.2) is 57.4 Å². The highest BCUT2D eigenvalue weighted by Crippen LogP contribution is 2.28. The van der Waals surface area contributed by atoms with E-state index in [4.69, 9.17) is 9.72 Å². The van der Waals surface area contributed by atoms with E-state index in [2.05, 4.69) is 27.4 Å². The van der Waals surface area contributed by atoms with E-state index >= 15 is 0 Å². The second-order valence-corrected chi connectivity index (χ2v) is 10.5. The van der Waals surface area contributed by atoms with Crippen molar-refractivity contribution < 1.29 is 9.53 Å². The molecule has 0 atom stereocenters. The number of rotatable bonds is 8. The van der Waals surface area contributed by atoms with Crippen molar-refractivity contribution >= 4 is 5.91 Å². The quantitative estimate of drug-likeness (QED) is 0.647. The molecule has 1 amide bonds. The van der Waals surface area contributed by atoms with Gasteiger partial charge in [0.15, 0.2) is 0 Å². The molecular formula is C27H39N5O2. The third-order valence-electron chi connectivity index (χ3n) is 7.93. The van der Waals surface area contributed by atoms with Crippen LogP contribution < -0.4 is 10.1 Å². The van der Waals surface area contributed by atoms with Crippen LogP contribution in [-0.2, 0) is 31.1 Å². The molecule has 7 nitrogen and oxygen atoms in total. The molecule has 0 bridgehead atoms. The maximum atomic E-state index is 12.4. The van der Waals surface area contributed by atoms with Gasteiger partial charge in [0, 0.05) is 50.6 Å². The van der Waals surface area contributed by atoms with Crippen LogP contribution >= 0.6 is 0 Å². The molecule has 34 heavy (non-hydrogen) atoms. The van der Waals surface area contributed by atoms with E-state index in [0.717, 1.165) is 56.1 Å². The fourth-order valence-electron chi connectivity index (χ4n) is 5.55. The minimum absolute atomic E-state index is 0.121. The van der Waals surface area contributed by atoms with E-state index in [1.807, 2.05) is 13.2 Å². The molecule has 184 valence electrons. The van der Waals surface area contributed by atoms with Gasteiger partial charge in [0.25, 0.3) is 0 Å². The van der Waals surface area contributed by atoms with Crippen LogP contribution in [0.2, 0.25) is 0 Å². The molecule has 3 aliphatic rings. The Morgan fingerprint density at radius 3 is 2.68 bits per heavy atom. The van der Waals surface area contributed by atoms with Gasteiger partial charge in [0.2, 0.25) is 11.8 Å². The van der Waals surface area contributed by atoms with Gasteiger partial charge in [0.1, 0.15) is 6.10 Å². The molecule has 0 radical (unpaired) electrons. The molecule has 2 saturated carbocycles. The van der Waals surface area contributed by atoms with Crippen molar-refractivity contribution in [3.8, 4) is 5.88 Å². The number of amides is 1. The Bertz CT molecular complexity index is 962. The van der Waals surface area contributed by atoms with E-state index in [0.29, 0.717) is 18.6 Å². The Kier molecular flexibility index (Phi) is 7.48. The third kappa shape index (κ3) is 6.17. The first-order valence-corrected chi connectivity index (χ1v) is 13.3. The van der Waals surface area contributed by atoms with Crippen LogP contribution in [0.5, 0.6) is 5.88 Å². The average Bonchev–Trinajstić information content (AvgIpc) is 3.10. The molecule has 7 heteroatoms. The van der Waals surface area contributed by atoms with Crippen LogP contribution in [0.3, 0.4) is 0 Å². The predicted octanol–water partition coefficient (Wildman–Crippen LogP) is 3.45. The number of hydrogen-bond donors (Lipinski definition) is 1. The summed E-state index contributed by atoms with van der Waals surface area (Å²) in [6.45, 7) is 3.38. The normalized spacial score (nSPS) is 23.6. The number of nitrogens with one attached hydrogen (secondary N) is 1. The molecular weight excluding hydrogens is 426 g/mol. The summed E-state index contributed by atoms with van der Waals surface area (Å²) in [6, 6.07) is 4.64. The number of aryl methyl sites for hydroxylation is 1. The molecule has 0 unspecified atom stereocenters. The van der Waals surface area contributed by atoms with Gasteiger partial charge in [-0.3, -0.25) is 9.48 Å². The first kappa shape index (κ1) is 23.3. The minimum Gasteiger partial charge on any atom is -0.474 e. The summed E-state index contributed by atoms with van der Waals surface area (Å²) in [5.41, 5.74) is 3.61. The minimum atomic E-state index is 0.121. The Morgan fingerprint density at radius 1 is 1.12 bits per heavy atom. The van der Waals surface area contributed by atoms with Crippen molar-refractivity contribution in [1.82, 2.24) is 25.0 Å². The van der Waals surface area contributed by atoms with E-state index < -0.39 is 0 Å². The molecule has 2 aromatic heterocycles. The summed E-state index contributed by atoms with van der Waals surface area (Å²) < 4.78 is 7.76. The first-order valence-electron chi connectivity index (χ1n) is 13.3. The van der Waals surface area contributed by atoms with Gasteiger partial charge in [-0.15, -0.1) is 0 Å². The van der Waals surface area contributed by atoms with Crippen LogP contribution in [0, 0.1) is 5.92 Å². The number of ether oxygens (including phenoxy) is 1. The number of hydrogen-bond acceptors (Lipinski definition) is 5. The van der Waals surface area contributed by atoms with E-state index in [9.17, 15) is 4.79 Å². The molecule has 2 aliphatic carbocycles. The number of carbonyl (C=O) groups is 1. The molecule has 2 fully saturated rings. The molecule has 5 rings (SSSR count). The van der Waals surface area contributed by atoms with E-state index in [-0.39, 0.29) is 5.91 Å². The maximum absolute atomic E-state index is 12.4. The lowest BCUT2D eigenvalue weighted by Gasteiger charge is -2.30. The van der Waals surface area contributed by atoms with Crippen LogP contribution in [0.15, 0.2) is 24.5 Å². The third-order valence-corrected chi connectivity index (χ3v) is 7.93. The van der Waals surface area contributed by atoms with Gasteiger partial charge >= 0.3 is 0 Å². The number of carbonyl (C=O) groups excluding carboxylic acids is 1. The maximum Gasteiger partial charge on any atom is 0.224 e. The summed E-state index contributed by atoms with van der Waals surface area (Å²) in [5.74, 6) is 1.72. The Labute approximate surface area is 203 Å². The summed E-state index contributed by atoms with van der Waals surface area (Å²) in [4.78, 5) is 19.8. The molecule has 1 aliphatic heterocycles. The number of pyridine rings is 1. The summed E-state index contributed by atoms with van der Waals surface area (Å²) in [7, 11) is 1.88. The van der Waals surface area contributed by atoms with Crippen molar-refractivity contribution in [2.24, 2.45) is 13.0 Å². The summed E-state index contributed by atoms with van der Waals surface area (Å²) >= 11 is 0. The topological polar surface area (TPSA) is 72.3 Å². The number of aromatic nitrogens is 3. The SMILES string of the molecule is Cn1cc(CC(=O)NC2CCC(CCN3CCc4ccc(OC5CCC5)nc4CC3)CC2)cn1. The van der Waals surface area contributed by atoms with Gasteiger partial charge in [-0.2, -0.15) is 5.10 Å². The molecule has 0 spiro atoms. The number of fused-ring (bicyclic) bond motifs is 1. The Morgan fingerprint density at radius 2 is 1.94 bits per heavy atom. The Hall–Kier alpha value is -2.41. The Balaban J connectivity index is 1.01. The highest BCUT2D eigenvalue weighted by atomic mass is 16.5. The van der Waals surface area contributed by atoms with Gasteiger partial charge in [-0.05, 0) is 81.4 Å². The van der Waals surface area contributed by atoms with Gasteiger partial charge in [0.05, 0.1) is 12.6 Å².